The van der Waals surface area contributed by atoms with Gasteiger partial charge in [-0.3, -0.25) is 10.1 Å². The summed E-state index contributed by atoms with van der Waals surface area (Å²) in [5.74, 6) is 0.638. The third kappa shape index (κ3) is 4.49. The predicted octanol–water partition coefficient (Wildman–Crippen LogP) is 3.18. The van der Waals surface area contributed by atoms with E-state index in [-0.39, 0.29) is 10.6 Å². The minimum absolute atomic E-state index is 0.181. The Balaban J connectivity index is 1.87. The first-order chi connectivity index (χ1) is 9.97. The lowest BCUT2D eigenvalue weighted by Crippen LogP contribution is -2.30. The van der Waals surface area contributed by atoms with Gasteiger partial charge in [0.2, 0.25) is 0 Å². The number of hydrogen-bond donors (Lipinski definition) is 1. The van der Waals surface area contributed by atoms with Gasteiger partial charge in [0.25, 0.3) is 5.69 Å². The molecule has 0 saturated carbocycles. The van der Waals surface area contributed by atoms with Crippen molar-refractivity contribution < 1.29 is 4.92 Å². The van der Waals surface area contributed by atoms with Crippen LogP contribution in [0.2, 0.25) is 0 Å². The van der Waals surface area contributed by atoms with Crippen molar-refractivity contribution in [1.82, 2.24) is 10.2 Å². The molecule has 1 N–H and O–H groups in total. The highest BCUT2D eigenvalue weighted by atomic mass is 79.9. The monoisotopic (exact) mass is 355 g/mol. The Morgan fingerprint density at radius 1 is 1.52 bits per heavy atom. The molecule has 1 unspecified atom stereocenters. The van der Waals surface area contributed by atoms with E-state index in [1.165, 1.54) is 6.42 Å². The Kier molecular flexibility index (Phi) is 5.72. The molecule has 116 valence electrons. The fourth-order valence-electron chi connectivity index (χ4n) is 2.78. The molecular weight excluding hydrogens is 334 g/mol. The molecule has 1 atom stereocenters. The number of hydrogen-bond acceptors (Lipinski definition) is 4. The van der Waals surface area contributed by atoms with Crippen molar-refractivity contribution in [3.05, 3.63) is 38.3 Å². The molecule has 5 nitrogen and oxygen atoms in total. The zero-order valence-corrected chi connectivity index (χ0v) is 14.1. The first kappa shape index (κ1) is 16.4. The van der Waals surface area contributed by atoms with Gasteiger partial charge in [0, 0.05) is 35.2 Å². The lowest BCUT2D eigenvalue weighted by atomic mass is 10.1. The molecule has 1 aliphatic heterocycles. The second kappa shape index (κ2) is 7.33. The van der Waals surface area contributed by atoms with Crippen LogP contribution >= 0.6 is 15.9 Å². The Morgan fingerprint density at radius 3 is 2.90 bits per heavy atom. The Morgan fingerprint density at radius 2 is 2.29 bits per heavy atom. The van der Waals surface area contributed by atoms with Crippen LogP contribution in [0, 0.1) is 16.0 Å². The van der Waals surface area contributed by atoms with Crippen LogP contribution in [-0.4, -0.2) is 35.5 Å². The van der Waals surface area contributed by atoms with Gasteiger partial charge in [0.15, 0.2) is 0 Å². The minimum atomic E-state index is -0.320. The van der Waals surface area contributed by atoms with Gasteiger partial charge in [-0.2, -0.15) is 0 Å². The fraction of sp³-hybridized carbons (Fsp3) is 0.600. The summed E-state index contributed by atoms with van der Waals surface area (Å²) in [6, 6.07) is 5.68. The summed E-state index contributed by atoms with van der Waals surface area (Å²) >= 11 is 3.37. The molecule has 0 radical (unpaired) electrons. The van der Waals surface area contributed by atoms with E-state index in [9.17, 15) is 10.1 Å². The summed E-state index contributed by atoms with van der Waals surface area (Å²) in [6.45, 7) is 8.16. The lowest BCUT2D eigenvalue weighted by molar-refractivity contribution is -0.385. The van der Waals surface area contributed by atoms with Crippen molar-refractivity contribution >= 4 is 21.6 Å². The molecule has 1 aliphatic rings. The van der Waals surface area contributed by atoms with Crippen LogP contribution in [0.3, 0.4) is 0 Å². The Hall–Kier alpha value is -0.980. The average molecular weight is 356 g/mol. The fourth-order valence-corrected chi connectivity index (χ4v) is 3.19. The zero-order valence-electron chi connectivity index (χ0n) is 12.5. The van der Waals surface area contributed by atoms with Gasteiger partial charge in [-0.05, 0) is 51.4 Å². The number of nitrogens with one attached hydrogen (secondary N) is 1. The van der Waals surface area contributed by atoms with E-state index in [1.807, 2.05) is 6.07 Å². The summed E-state index contributed by atoms with van der Waals surface area (Å²) in [6.07, 6.45) is 1.20. The molecule has 1 aromatic carbocycles. The topological polar surface area (TPSA) is 58.4 Å². The Labute approximate surface area is 134 Å². The molecule has 0 amide bonds. The molecule has 1 aromatic rings. The summed E-state index contributed by atoms with van der Waals surface area (Å²) in [4.78, 5) is 13.2. The van der Waals surface area contributed by atoms with Gasteiger partial charge in [-0.25, -0.2) is 0 Å². The SMILES string of the molecule is CC(C)N1CCC(CNCc2cc(Br)ccc2[N+](=O)[O-])C1. The first-order valence-electron chi connectivity index (χ1n) is 7.35. The maximum Gasteiger partial charge on any atom is 0.273 e. The minimum Gasteiger partial charge on any atom is -0.312 e. The van der Waals surface area contributed by atoms with E-state index in [0.29, 0.717) is 18.5 Å². The van der Waals surface area contributed by atoms with Crippen LogP contribution < -0.4 is 5.32 Å². The van der Waals surface area contributed by atoms with E-state index in [2.05, 4.69) is 40.0 Å². The lowest BCUT2D eigenvalue weighted by Gasteiger charge is -2.20. The predicted molar refractivity (Wildman–Crippen MR) is 87.3 cm³/mol. The van der Waals surface area contributed by atoms with Crippen molar-refractivity contribution in [1.29, 1.82) is 0 Å². The molecule has 1 heterocycles. The van der Waals surface area contributed by atoms with Crippen molar-refractivity contribution in [2.45, 2.75) is 32.9 Å². The number of halogens is 1. The van der Waals surface area contributed by atoms with Gasteiger partial charge in [-0.15, -0.1) is 0 Å². The largest absolute Gasteiger partial charge is 0.312 e. The number of benzene rings is 1. The molecule has 0 aromatic heterocycles. The smallest absolute Gasteiger partial charge is 0.273 e. The standard InChI is InChI=1S/C15H22BrN3O2/c1-11(2)18-6-5-12(10-18)8-17-9-13-7-14(16)3-4-15(13)19(20)21/h3-4,7,11-12,17H,5-6,8-10H2,1-2H3. The van der Waals surface area contributed by atoms with Gasteiger partial charge < -0.3 is 10.2 Å². The maximum atomic E-state index is 11.0. The second-order valence-electron chi connectivity index (χ2n) is 5.90. The van der Waals surface area contributed by atoms with E-state index in [0.717, 1.165) is 29.7 Å². The maximum absolute atomic E-state index is 11.0. The molecule has 6 heteroatoms. The molecule has 1 fully saturated rings. The number of likely N-dealkylation sites (tertiary alicyclic amines) is 1. The summed E-state index contributed by atoms with van der Waals surface area (Å²) in [7, 11) is 0. The van der Waals surface area contributed by atoms with Crippen LogP contribution in [0.5, 0.6) is 0 Å². The number of nitrogens with zero attached hydrogens (tertiary/aromatic N) is 2. The molecule has 0 bridgehead atoms. The molecular formula is C15H22BrN3O2. The van der Waals surface area contributed by atoms with E-state index >= 15 is 0 Å². The molecule has 0 aliphatic carbocycles. The van der Waals surface area contributed by atoms with Crippen LogP contribution in [0.1, 0.15) is 25.8 Å². The van der Waals surface area contributed by atoms with E-state index < -0.39 is 0 Å². The van der Waals surface area contributed by atoms with Crippen molar-refractivity contribution in [2.24, 2.45) is 5.92 Å². The molecule has 2 rings (SSSR count). The third-order valence-corrected chi connectivity index (χ3v) is 4.53. The highest BCUT2D eigenvalue weighted by Crippen LogP contribution is 2.23. The number of nitro benzene ring substituents is 1. The van der Waals surface area contributed by atoms with Gasteiger partial charge in [0.1, 0.15) is 0 Å². The average Bonchev–Trinajstić information content (AvgIpc) is 2.87. The van der Waals surface area contributed by atoms with Crippen LogP contribution in [0.4, 0.5) is 5.69 Å². The first-order valence-corrected chi connectivity index (χ1v) is 8.14. The van der Waals surface area contributed by atoms with Crippen LogP contribution in [0.15, 0.2) is 22.7 Å². The van der Waals surface area contributed by atoms with E-state index in [4.69, 9.17) is 0 Å². The van der Waals surface area contributed by atoms with Crippen molar-refractivity contribution in [3.63, 3.8) is 0 Å². The van der Waals surface area contributed by atoms with E-state index in [1.54, 1.807) is 12.1 Å². The molecule has 0 spiro atoms. The number of rotatable bonds is 6. The number of nitro groups is 1. The third-order valence-electron chi connectivity index (χ3n) is 4.03. The molecule has 21 heavy (non-hydrogen) atoms. The van der Waals surface area contributed by atoms with Gasteiger partial charge in [-0.1, -0.05) is 15.9 Å². The van der Waals surface area contributed by atoms with Gasteiger partial charge >= 0.3 is 0 Å². The van der Waals surface area contributed by atoms with Crippen LogP contribution in [0.25, 0.3) is 0 Å². The normalized spacial score (nSPS) is 19.3. The summed E-state index contributed by atoms with van der Waals surface area (Å²) < 4.78 is 0.872. The highest BCUT2D eigenvalue weighted by molar-refractivity contribution is 9.10. The van der Waals surface area contributed by atoms with Crippen molar-refractivity contribution in [3.8, 4) is 0 Å². The van der Waals surface area contributed by atoms with Crippen LogP contribution in [-0.2, 0) is 6.54 Å². The molecule has 1 saturated heterocycles. The second-order valence-corrected chi connectivity index (χ2v) is 6.82. The van der Waals surface area contributed by atoms with Crippen molar-refractivity contribution in [2.75, 3.05) is 19.6 Å². The summed E-state index contributed by atoms with van der Waals surface area (Å²) in [5.41, 5.74) is 0.911. The van der Waals surface area contributed by atoms with Gasteiger partial charge in [0.05, 0.1) is 4.92 Å². The Bertz CT molecular complexity index is 508. The summed E-state index contributed by atoms with van der Waals surface area (Å²) in [5, 5.41) is 14.4. The zero-order chi connectivity index (χ0) is 15.4. The quantitative estimate of drug-likeness (QED) is 0.628. The highest BCUT2D eigenvalue weighted by Gasteiger charge is 2.24.